The van der Waals surface area contributed by atoms with Crippen LogP contribution in [0.15, 0.2) is 22.7 Å². The number of nitrogens with zero attached hydrogens (tertiary/aromatic N) is 2. The Hall–Kier alpha value is -2.55. The van der Waals surface area contributed by atoms with E-state index in [1.165, 1.54) is 7.11 Å². The summed E-state index contributed by atoms with van der Waals surface area (Å²) in [7, 11) is -1.57. The molecule has 0 aliphatic carbocycles. The molecule has 0 radical (unpaired) electrons. The molecule has 3 rings (SSSR count). The highest BCUT2D eigenvalue weighted by atomic mass is 32.2. The fraction of sp³-hybridized carbons (Fsp3) is 0.524. The molecule has 8 nitrogen and oxygen atoms in total. The van der Waals surface area contributed by atoms with E-state index in [1.807, 2.05) is 20.8 Å². The summed E-state index contributed by atoms with van der Waals surface area (Å²) in [4.78, 5) is 14.8. The molecule has 1 saturated heterocycles. The largest absolute Gasteiger partial charge is 0.493 e. The Labute approximate surface area is 177 Å². The van der Waals surface area contributed by atoms with Gasteiger partial charge < -0.3 is 18.9 Å². The summed E-state index contributed by atoms with van der Waals surface area (Å²) in [6.45, 7) is 6.41. The molecular formula is C21H28N2O6S. The van der Waals surface area contributed by atoms with Crippen molar-refractivity contribution in [2.45, 2.75) is 46.3 Å². The number of carbonyl (C=O) groups is 1. The summed E-state index contributed by atoms with van der Waals surface area (Å²) in [6.07, 6.45) is 1.22. The van der Waals surface area contributed by atoms with E-state index in [0.29, 0.717) is 35.8 Å². The second-order valence-corrected chi connectivity index (χ2v) is 9.74. The molecule has 9 heteroatoms. The number of aromatic nitrogens is 1. The molecule has 2 aromatic rings. The summed E-state index contributed by atoms with van der Waals surface area (Å²) in [6, 6.07) is 4.72. The zero-order chi connectivity index (χ0) is 21.9. The predicted octanol–water partition coefficient (Wildman–Crippen LogP) is 2.92. The van der Waals surface area contributed by atoms with Gasteiger partial charge in [0.25, 0.3) is 5.91 Å². The third-order valence-corrected chi connectivity index (χ3v) is 7.09. The first-order chi connectivity index (χ1) is 14.3. The van der Waals surface area contributed by atoms with Crippen LogP contribution < -0.4 is 9.47 Å². The SMILES string of the molecule is CCCN(C(=O)c1ccc(OCc2c(C)noc2C)c(OC)c1)C1CCS(=O)(=O)C1. The van der Waals surface area contributed by atoms with Gasteiger partial charge in [0, 0.05) is 18.2 Å². The van der Waals surface area contributed by atoms with Crippen LogP contribution in [0, 0.1) is 13.8 Å². The van der Waals surface area contributed by atoms with Crippen molar-refractivity contribution in [1.29, 1.82) is 0 Å². The number of hydrogen-bond donors (Lipinski definition) is 0. The second kappa shape index (κ2) is 9.07. The van der Waals surface area contributed by atoms with Crippen LogP contribution in [0.25, 0.3) is 0 Å². The minimum Gasteiger partial charge on any atom is -0.493 e. The van der Waals surface area contributed by atoms with Gasteiger partial charge >= 0.3 is 0 Å². The first-order valence-electron chi connectivity index (χ1n) is 9.99. The highest BCUT2D eigenvalue weighted by Gasteiger charge is 2.34. The van der Waals surface area contributed by atoms with Crippen molar-refractivity contribution in [2.75, 3.05) is 25.2 Å². The van der Waals surface area contributed by atoms with Crippen LogP contribution >= 0.6 is 0 Å². The molecule has 0 N–H and O–H groups in total. The molecule has 0 saturated carbocycles. The average Bonchev–Trinajstić information content (AvgIpc) is 3.24. The fourth-order valence-electron chi connectivity index (χ4n) is 3.66. The van der Waals surface area contributed by atoms with Gasteiger partial charge in [-0.05, 0) is 44.9 Å². The summed E-state index contributed by atoms with van der Waals surface area (Å²) < 4.78 is 40.2. The van der Waals surface area contributed by atoms with Crippen molar-refractivity contribution < 1.29 is 27.2 Å². The lowest BCUT2D eigenvalue weighted by atomic mass is 10.1. The Morgan fingerprint density at radius 3 is 2.63 bits per heavy atom. The maximum atomic E-state index is 13.2. The summed E-state index contributed by atoms with van der Waals surface area (Å²) in [5.41, 5.74) is 2.07. The molecule has 1 aromatic heterocycles. The Bertz CT molecular complexity index is 995. The summed E-state index contributed by atoms with van der Waals surface area (Å²) in [5.74, 6) is 1.58. The average molecular weight is 437 g/mol. The van der Waals surface area contributed by atoms with Crippen LogP contribution in [-0.2, 0) is 16.4 Å². The van der Waals surface area contributed by atoms with Crippen molar-refractivity contribution >= 4 is 15.7 Å². The van der Waals surface area contributed by atoms with Crippen molar-refractivity contribution in [2.24, 2.45) is 0 Å². The molecular weight excluding hydrogens is 408 g/mol. The van der Waals surface area contributed by atoms with Crippen LogP contribution in [-0.4, -0.2) is 55.6 Å². The van der Waals surface area contributed by atoms with Gasteiger partial charge in [0.15, 0.2) is 21.3 Å². The molecule has 1 aliphatic rings. The first kappa shape index (κ1) is 22.1. The van der Waals surface area contributed by atoms with Gasteiger partial charge in [-0.15, -0.1) is 0 Å². The minimum absolute atomic E-state index is 0.0223. The number of rotatable bonds is 8. The van der Waals surface area contributed by atoms with Crippen molar-refractivity contribution in [3.8, 4) is 11.5 Å². The smallest absolute Gasteiger partial charge is 0.254 e. The van der Waals surface area contributed by atoms with Gasteiger partial charge in [-0.25, -0.2) is 8.42 Å². The number of methoxy groups -OCH3 is 1. The zero-order valence-electron chi connectivity index (χ0n) is 17.8. The quantitative estimate of drug-likeness (QED) is 0.627. The number of carbonyl (C=O) groups excluding carboxylic acids is 1. The number of hydrogen-bond acceptors (Lipinski definition) is 7. The molecule has 2 heterocycles. The van der Waals surface area contributed by atoms with Crippen molar-refractivity contribution in [3.63, 3.8) is 0 Å². The van der Waals surface area contributed by atoms with Crippen LogP contribution in [0.4, 0.5) is 0 Å². The van der Waals surface area contributed by atoms with E-state index < -0.39 is 9.84 Å². The number of amides is 1. The number of aryl methyl sites for hydroxylation is 2. The van der Waals surface area contributed by atoms with E-state index in [1.54, 1.807) is 23.1 Å². The van der Waals surface area contributed by atoms with E-state index in [9.17, 15) is 13.2 Å². The Morgan fingerprint density at radius 1 is 1.30 bits per heavy atom. The predicted molar refractivity (Wildman–Crippen MR) is 112 cm³/mol. The van der Waals surface area contributed by atoms with E-state index in [4.69, 9.17) is 14.0 Å². The van der Waals surface area contributed by atoms with Crippen LogP contribution in [0.1, 0.15) is 47.1 Å². The molecule has 1 aliphatic heterocycles. The van der Waals surface area contributed by atoms with E-state index in [-0.39, 0.29) is 30.1 Å². The van der Waals surface area contributed by atoms with Gasteiger partial charge in [-0.1, -0.05) is 12.1 Å². The van der Waals surface area contributed by atoms with Crippen LogP contribution in [0.5, 0.6) is 11.5 Å². The number of sulfone groups is 1. The van der Waals surface area contributed by atoms with Gasteiger partial charge in [0.1, 0.15) is 12.4 Å². The summed E-state index contributed by atoms with van der Waals surface area (Å²) in [5, 5.41) is 3.91. The molecule has 0 bridgehead atoms. The lowest BCUT2D eigenvalue weighted by Gasteiger charge is -2.28. The molecule has 30 heavy (non-hydrogen) atoms. The van der Waals surface area contributed by atoms with Crippen molar-refractivity contribution in [1.82, 2.24) is 10.1 Å². The molecule has 1 aromatic carbocycles. The van der Waals surface area contributed by atoms with Gasteiger partial charge in [0.05, 0.1) is 29.9 Å². The number of benzene rings is 1. The topological polar surface area (TPSA) is 98.9 Å². The second-order valence-electron chi connectivity index (χ2n) is 7.51. The third kappa shape index (κ3) is 4.77. The van der Waals surface area contributed by atoms with Gasteiger partial charge in [-0.2, -0.15) is 0 Å². The normalized spacial score (nSPS) is 17.7. The van der Waals surface area contributed by atoms with Crippen molar-refractivity contribution in [3.05, 3.63) is 40.8 Å². The number of ether oxygens (including phenoxy) is 2. The highest BCUT2D eigenvalue weighted by Crippen LogP contribution is 2.31. The summed E-state index contributed by atoms with van der Waals surface area (Å²) >= 11 is 0. The van der Waals surface area contributed by atoms with Gasteiger partial charge in [-0.3, -0.25) is 4.79 Å². The third-order valence-electron chi connectivity index (χ3n) is 5.34. The van der Waals surface area contributed by atoms with E-state index >= 15 is 0 Å². The maximum Gasteiger partial charge on any atom is 0.254 e. The standard InChI is InChI=1S/C21H28N2O6S/c1-5-9-23(17-8-10-30(25,26)13-17)21(24)16-6-7-19(20(11-16)27-4)28-12-18-14(2)22-29-15(18)3/h6-7,11,17H,5,8-10,12-13H2,1-4H3. The van der Waals surface area contributed by atoms with E-state index in [0.717, 1.165) is 17.7 Å². The molecule has 1 unspecified atom stereocenters. The molecule has 1 amide bonds. The lowest BCUT2D eigenvalue weighted by molar-refractivity contribution is 0.0696. The highest BCUT2D eigenvalue weighted by molar-refractivity contribution is 7.91. The Morgan fingerprint density at radius 2 is 2.07 bits per heavy atom. The first-order valence-corrected chi connectivity index (χ1v) is 11.8. The van der Waals surface area contributed by atoms with Crippen LogP contribution in [0.3, 0.4) is 0 Å². The lowest BCUT2D eigenvalue weighted by Crippen LogP contribution is -2.41. The Balaban J connectivity index is 1.79. The van der Waals surface area contributed by atoms with Gasteiger partial charge in [0.2, 0.25) is 0 Å². The fourth-order valence-corrected chi connectivity index (χ4v) is 5.39. The molecule has 1 fully saturated rings. The molecule has 1 atom stereocenters. The molecule has 164 valence electrons. The van der Waals surface area contributed by atoms with Crippen LogP contribution in [0.2, 0.25) is 0 Å². The zero-order valence-corrected chi connectivity index (χ0v) is 18.6. The molecule has 0 spiro atoms. The monoisotopic (exact) mass is 436 g/mol. The maximum absolute atomic E-state index is 13.2. The minimum atomic E-state index is -3.08. The van der Waals surface area contributed by atoms with E-state index in [2.05, 4.69) is 5.16 Å². The Kier molecular flexibility index (Phi) is 6.70.